The smallest absolute Gasteiger partial charge is 0.249 e. The number of hydrogen-bond donors (Lipinski definition) is 2. The Morgan fingerprint density at radius 1 is 1.53 bits per heavy atom. The molecule has 5 heteroatoms. The van der Waals surface area contributed by atoms with Gasteiger partial charge in [-0.25, -0.2) is 0 Å². The number of nitrogens with one attached hydrogen (secondary N) is 2. The van der Waals surface area contributed by atoms with Gasteiger partial charge in [0.05, 0.1) is 13.2 Å². The van der Waals surface area contributed by atoms with Gasteiger partial charge in [0.15, 0.2) is 0 Å². The van der Waals surface area contributed by atoms with Crippen LogP contribution in [0, 0.1) is 0 Å². The topological polar surface area (TPSA) is 59.6 Å². The third-order valence-electron chi connectivity index (χ3n) is 2.81. The molecular formula is C12H24N2O3. The normalized spacial score (nSPS) is 22.1. The molecule has 5 nitrogen and oxygen atoms in total. The Morgan fingerprint density at radius 2 is 2.35 bits per heavy atom. The Morgan fingerprint density at radius 3 is 3.00 bits per heavy atom. The van der Waals surface area contributed by atoms with Gasteiger partial charge in [-0.1, -0.05) is 0 Å². The van der Waals surface area contributed by atoms with Crippen LogP contribution in [-0.2, 0) is 14.3 Å². The predicted molar refractivity (Wildman–Crippen MR) is 65.9 cm³/mol. The van der Waals surface area contributed by atoms with Gasteiger partial charge in [-0.05, 0) is 33.2 Å². The summed E-state index contributed by atoms with van der Waals surface area (Å²) in [6.07, 6.45) is 1.76. The standard InChI is InChI=1S/C12H24N2O3/c1-3-16-7-8-17-10(2)12(15)14-11-5-4-6-13-9-11/h10-11,13H,3-9H2,1-2H3,(H,14,15)/t10?,11-/m0/s1. The van der Waals surface area contributed by atoms with Crippen LogP contribution in [0.4, 0.5) is 0 Å². The number of carbonyl (C=O) groups is 1. The summed E-state index contributed by atoms with van der Waals surface area (Å²) in [5.41, 5.74) is 0. The Hall–Kier alpha value is -0.650. The van der Waals surface area contributed by atoms with Crippen LogP contribution < -0.4 is 10.6 Å². The van der Waals surface area contributed by atoms with E-state index in [4.69, 9.17) is 9.47 Å². The summed E-state index contributed by atoms with van der Waals surface area (Å²) >= 11 is 0. The van der Waals surface area contributed by atoms with Gasteiger partial charge in [0.2, 0.25) is 5.91 Å². The summed E-state index contributed by atoms with van der Waals surface area (Å²) in [5, 5.41) is 6.26. The first-order chi connectivity index (χ1) is 8.24. The number of hydrogen-bond acceptors (Lipinski definition) is 4. The van der Waals surface area contributed by atoms with Gasteiger partial charge < -0.3 is 20.1 Å². The second-order valence-electron chi connectivity index (χ2n) is 4.26. The molecule has 2 atom stereocenters. The summed E-state index contributed by atoms with van der Waals surface area (Å²) in [7, 11) is 0. The van der Waals surface area contributed by atoms with E-state index in [-0.39, 0.29) is 11.9 Å². The van der Waals surface area contributed by atoms with Crippen LogP contribution in [0.1, 0.15) is 26.7 Å². The number of rotatable bonds is 7. The first kappa shape index (κ1) is 14.4. The van der Waals surface area contributed by atoms with Gasteiger partial charge in [-0.15, -0.1) is 0 Å². The highest BCUT2D eigenvalue weighted by atomic mass is 16.5. The highest BCUT2D eigenvalue weighted by molar-refractivity contribution is 5.80. The van der Waals surface area contributed by atoms with Crippen molar-refractivity contribution in [2.75, 3.05) is 32.9 Å². The van der Waals surface area contributed by atoms with E-state index >= 15 is 0 Å². The number of amides is 1. The third-order valence-corrected chi connectivity index (χ3v) is 2.81. The molecule has 0 spiro atoms. The average Bonchev–Trinajstić information content (AvgIpc) is 2.35. The van der Waals surface area contributed by atoms with Crippen molar-refractivity contribution in [3.63, 3.8) is 0 Å². The van der Waals surface area contributed by atoms with E-state index in [1.54, 1.807) is 6.92 Å². The minimum Gasteiger partial charge on any atom is -0.379 e. The van der Waals surface area contributed by atoms with E-state index in [9.17, 15) is 4.79 Å². The molecule has 17 heavy (non-hydrogen) atoms. The lowest BCUT2D eigenvalue weighted by atomic mass is 10.1. The van der Waals surface area contributed by atoms with Crippen LogP contribution in [0.25, 0.3) is 0 Å². The molecule has 0 aromatic heterocycles. The Balaban J connectivity index is 2.12. The summed E-state index contributed by atoms with van der Waals surface area (Å²) in [5.74, 6) is -0.0322. The number of ether oxygens (including phenoxy) is 2. The quantitative estimate of drug-likeness (QED) is 0.632. The molecule has 0 aromatic rings. The Kier molecular flexibility index (Phi) is 7.16. The molecule has 1 aliphatic rings. The molecule has 0 radical (unpaired) electrons. The van der Waals surface area contributed by atoms with Crippen LogP contribution in [0.3, 0.4) is 0 Å². The summed E-state index contributed by atoms with van der Waals surface area (Å²) in [4.78, 5) is 11.8. The van der Waals surface area contributed by atoms with Gasteiger partial charge >= 0.3 is 0 Å². The fraction of sp³-hybridized carbons (Fsp3) is 0.917. The zero-order valence-electron chi connectivity index (χ0n) is 10.8. The van der Waals surface area contributed by atoms with Crippen LogP contribution in [0.2, 0.25) is 0 Å². The highest BCUT2D eigenvalue weighted by Gasteiger charge is 2.19. The predicted octanol–water partition coefficient (Wildman–Crippen LogP) is 0.296. The second-order valence-corrected chi connectivity index (χ2v) is 4.26. The van der Waals surface area contributed by atoms with Gasteiger partial charge in [-0.3, -0.25) is 4.79 Å². The minimum atomic E-state index is -0.405. The lowest BCUT2D eigenvalue weighted by Gasteiger charge is -2.25. The zero-order chi connectivity index (χ0) is 12.5. The monoisotopic (exact) mass is 244 g/mol. The van der Waals surface area contributed by atoms with E-state index in [0.29, 0.717) is 19.8 Å². The molecule has 0 aliphatic carbocycles. The molecule has 1 amide bonds. The third kappa shape index (κ3) is 6.00. The number of carbonyl (C=O) groups excluding carboxylic acids is 1. The molecule has 1 aliphatic heterocycles. The van der Waals surface area contributed by atoms with Crippen molar-refractivity contribution in [1.82, 2.24) is 10.6 Å². The maximum atomic E-state index is 11.8. The van der Waals surface area contributed by atoms with E-state index in [1.807, 2.05) is 6.92 Å². The highest BCUT2D eigenvalue weighted by Crippen LogP contribution is 2.02. The molecule has 100 valence electrons. The van der Waals surface area contributed by atoms with Gasteiger partial charge in [0, 0.05) is 19.2 Å². The minimum absolute atomic E-state index is 0.0322. The lowest BCUT2D eigenvalue weighted by Crippen LogP contribution is -2.48. The van der Waals surface area contributed by atoms with E-state index < -0.39 is 6.10 Å². The molecular weight excluding hydrogens is 220 g/mol. The summed E-state index contributed by atoms with van der Waals surface area (Å²) < 4.78 is 10.5. The van der Waals surface area contributed by atoms with Crippen molar-refractivity contribution < 1.29 is 14.3 Å². The van der Waals surface area contributed by atoms with Crippen molar-refractivity contribution in [1.29, 1.82) is 0 Å². The molecule has 0 saturated carbocycles. The molecule has 1 fully saturated rings. The summed E-state index contributed by atoms with van der Waals surface area (Å²) in [6.45, 7) is 7.30. The van der Waals surface area contributed by atoms with E-state index in [1.165, 1.54) is 0 Å². The second kappa shape index (κ2) is 8.44. The van der Waals surface area contributed by atoms with Crippen molar-refractivity contribution in [3.8, 4) is 0 Å². The molecule has 0 bridgehead atoms. The fourth-order valence-electron chi connectivity index (χ4n) is 1.80. The average molecular weight is 244 g/mol. The zero-order valence-corrected chi connectivity index (χ0v) is 10.8. The van der Waals surface area contributed by atoms with Crippen molar-refractivity contribution in [2.24, 2.45) is 0 Å². The lowest BCUT2D eigenvalue weighted by molar-refractivity contribution is -0.133. The van der Waals surface area contributed by atoms with Crippen LogP contribution in [0.5, 0.6) is 0 Å². The van der Waals surface area contributed by atoms with Crippen LogP contribution in [0.15, 0.2) is 0 Å². The largest absolute Gasteiger partial charge is 0.379 e. The number of piperidine rings is 1. The van der Waals surface area contributed by atoms with Crippen molar-refractivity contribution >= 4 is 5.91 Å². The molecule has 1 saturated heterocycles. The molecule has 1 heterocycles. The molecule has 1 rings (SSSR count). The maximum Gasteiger partial charge on any atom is 0.249 e. The molecule has 0 aromatic carbocycles. The SMILES string of the molecule is CCOCCOC(C)C(=O)N[C@H]1CCCNC1. The molecule has 1 unspecified atom stereocenters. The van der Waals surface area contributed by atoms with Crippen molar-refractivity contribution in [3.05, 3.63) is 0 Å². The maximum absolute atomic E-state index is 11.8. The first-order valence-electron chi connectivity index (χ1n) is 6.44. The van der Waals surface area contributed by atoms with Crippen molar-refractivity contribution in [2.45, 2.75) is 38.8 Å². The first-order valence-corrected chi connectivity index (χ1v) is 6.44. The Labute approximate surface area is 103 Å². The van der Waals surface area contributed by atoms with Gasteiger partial charge in [0.1, 0.15) is 6.10 Å². The van der Waals surface area contributed by atoms with Gasteiger partial charge in [-0.2, -0.15) is 0 Å². The van der Waals surface area contributed by atoms with E-state index in [0.717, 1.165) is 25.9 Å². The fourth-order valence-corrected chi connectivity index (χ4v) is 1.80. The van der Waals surface area contributed by atoms with E-state index in [2.05, 4.69) is 10.6 Å². The Bertz CT molecular complexity index is 218. The summed E-state index contributed by atoms with van der Waals surface area (Å²) in [6, 6.07) is 0.245. The van der Waals surface area contributed by atoms with Crippen LogP contribution >= 0.6 is 0 Å². The van der Waals surface area contributed by atoms with Gasteiger partial charge in [0.25, 0.3) is 0 Å². The molecule has 2 N–H and O–H groups in total. The van der Waals surface area contributed by atoms with Crippen LogP contribution in [-0.4, -0.2) is 51.0 Å².